The maximum atomic E-state index is 13.7. The van der Waals surface area contributed by atoms with E-state index in [1.54, 1.807) is 6.07 Å². The van der Waals surface area contributed by atoms with Crippen LogP contribution in [0.2, 0.25) is 0 Å². The number of halogens is 1. The molecule has 0 heterocycles. The number of hydrogen-bond donors (Lipinski definition) is 1. The van der Waals surface area contributed by atoms with Crippen LogP contribution in [0, 0.1) is 11.7 Å². The van der Waals surface area contributed by atoms with E-state index < -0.39 is 0 Å². The third-order valence-corrected chi connectivity index (χ3v) is 4.76. The average Bonchev–Trinajstić information content (AvgIpc) is 2.29. The fourth-order valence-electron chi connectivity index (χ4n) is 2.91. The van der Waals surface area contributed by atoms with Crippen molar-refractivity contribution < 1.29 is 4.39 Å². The summed E-state index contributed by atoms with van der Waals surface area (Å²) in [6, 6.07) is 6.33. The minimum atomic E-state index is -0.0715. The first-order chi connectivity index (χ1) is 8.21. The quantitative estimate of drug-likeness (QED) is 0.822. The lowest BCUT2D eigenvalue weighted by atomic mass is 9.65. The second-order valence-corrected chi connectivity index (χ2v) is 5.55. The van der Waals surface area contributed by atoms with Gasteiger partial charge in [0.1, 0.15) is 5.82 Å². The summed E-state index contributed by atoms with van der Waals surface area (Å²) in [6.45, 7) is 2.22. The fourth-order valence-corrected chi connectivity index (χ4v) is 3.36. The van der Waals surface area contributed by atoms with Gasteiger partial charge in [-0.1, -0.05) is 19.4 Å². The van der Waals surface area contributed by atoms with E-state index in [4.69, 9.17) is 0 Å². The van der Waals surface area contributed by atoms with Crippen molar-refractivity contribution in [1.29, 1.82) is 0 Å². The molecule has 1 aromatic carbocycles. The average molecular weight is 253 g/mol. The van der Waals surface area contributed by atoms with E-state index >= 15 is 0 Å². The first-order valence-corrected chi connectivity index (χ1v) is 7.44. The summed E-state index contributed by atoms with van der Waals surface area (Å²) in [5, 5.41) is 3.34. The minimum Gasteiger partial charge on any atom is -0.317 e. The molecule has 2 rings (SSSR count). The summed E-state index contributed by atoms with van der Waals surface area (Å²) >= 11 is 1.47. The third-order valence-electron chi connectivity index (χ3n) is 3.99. The summed E-state index contributed by atoms with van der Waals surface area (Å²) in [6.07, 6.45) is 4.20. The van der Waals surface area contributed by atoms with E-state index in [1.165, 1.54) is 17.3 Å². The Morgan fingerprint density at radius 1 is 1.47 bits per heavy atom. The highest BCUT2D eigenvalue weighted by Crippen LogP contribution is 2.44. The zero-order valence-corrected chi connectivity index (χ0v) is 11.5. The molecule has 0 bridgehead atoms. The van der Waals surface area contributed by atoms with Crippen molar-refractivity contribution in [2.75, 3.05) is 13.3 Å². The van der Waals surface area contributed by atoms with Gasteiger partial charge in [0, 0.05) is 10.9 Å². The van der Waals surface area contributed by atoms with Crippen LogP contribution in [0.25, 0.3) is 0 Å². The summed E-state index contributed by atoms with van der Waals surface area (Å²) in [5.74, 6) is 1.11. The van der Waals surface area contributed by atoms with E-state index in [-0.39, 0.29) is 5.82 Å². The highest BCUT2D eigenvalue weighted by Gasteiger charge is 2.39. The van der Waals surface area contributed by atoms with Crippen LogP contribution >= 0.6 is 11.8 Å². The van der Waals surface area contributed by atoms with Crippen LogP contribution in [0.3, 0.4) is 0 Å². The zero-order valence-electron chi connectivity index (χ0n) is 10.7. The van der Waals surface area contributed by atoms with Gasteiger partial charge in [0.15, 0.2) is 0 Å². The normalized spacial score (nSPS) is 27.9. The molecular formula is C14H20FNS. The molecule has 3 unspecified atom stereocenters. The Hall–Kier alpha value is -0.540. The molecule has 3 atom stereocenters. The zero-order chi connectivity index (χ0) is 12.4. The molecule has 1 aromatic rings. The van der Waals surface area contributed by atoms with E-state index in [9.17, 15) is 4.39 Å². The highest BCUT2D eigenvalue weighted by molar-refractivity contribution is 7.98. The number of rotatable bonds is 4. The van der Waals surface area contributed by atoms with Gasteiger partial charge in [-0.15, -0.1) is 11.8 Å². The number of nitrogens with one attached hydrogen (secondary N) is 1. The SMILES string of the molecule is CCC1C(NC)CC1c1ccc(SC)c(F)c1. The van der Waals surface area contributed by atoms with E-state index in [0.29, 0.717) is 17.9 Å². The lowest BCUT2D eigenvalue weighted by molar-refractivity contribution is 0.169. The topological polar surface area (TPSA) is 12.0 Å². The van der Waals surface area contributed by atoms with Gasteiger partial charge in [0.05, 0.1) is 0 Å². The molecule has 0 radical (unpaired) electrons. The third kappa shape index (κ3) is 2.36. The maximum absolute atomic E-state index is 13.7. The van der Waals surface area contributed by atoms with Crippen LogP contribution in [0.15, 0.2) is 23.1 Å². The van der Waals surface area contributed by atoms with Crippen molar-refractivity contribution in [3.8, 4) is 0 Å². The Morgan fingerprint density at radius 3 is 2.76 bits per heavy atom. The van der Waals surface area contributed by atoms with Crippen molar-refractivity contribution in [3.05, 3.63) is 29.6 Å². The summed E-state index contributed by atoms with van der Waals surface area (Å²) < 4.78 is 13.7. The molecule has 0 saturated heterocycles. The predicted molar refractivity (Wildman–Crippen MR) is 72.2 cm³/mol. The maximum Gasteiger partial charge on any atom is 0.137 e. The van der Waals surface area contributed by atoms with Crippen molar-refractivity contribution >= 4 is 11.8 Å². The van der Waals surface area contributed by atoms with Gasteiger partial charge in [0.25, 0.3) is 0 Å². The molecule has 17 heavy (non-hydrogen) atoms. The number of benzene rings is 1. The second kappa shape index (κ2) is 5.40. The lowest BCUT2D eigenvalue weighted by Gasteiger charge is -2.45. The summed E-state index contributed by atoms with van der Waals surface area (Å²) in [4.78, 5) is 0.742. The van der Waals surface area contributed by atoms with Crippen LogP contribution in [-0.2, 0) is 0 Å². The summed E-state index contributed by atoms with van der Waals surface area (Å²) in [7, 11) is 2.01. The largest absolute Gasteiger partial charge is 0.317 e. The Bertz CT molecular complexity index is 394. The van der Waals surface area contributed by atoms with Crippen molar-refractivity contribution in [1.82, 2.24) is 5.32 Å². The first kappa shape index (κ1) is 12.9. The van der Waals surface area contributed by atoms with Gasteiger partial charge in [-0.05, 0) is 49.3 Å². The molecule has 0 spiro atoms. The van der Waals surface area contributed by atoms with Gasteiger partial charge in [0.2, 0.25) is 0 Å². The molecule has 0 amide bonds. The van der Waals surface area contributed by atoms with Gasteiger partial charge in [-0.2, -0.15) is 0 Å². The molecule has 1 saturated carbocycles. The van der Waals surface area contributed by atoms with Gasteiger partial charge in [-0.3, -0.25) is 0 Å². The Balaban J connectivity index is 2.16. The number of thioether (sulfide) groups is 1. The van der Waals surface area contributed by atoms with Crippen molar-refractivity contribution in [3.63, 3.8) is 0 Å². The van der Waals surface area contributed by atoms with Crippen molar-refractivity contribution in [2.45, 2.75) is 36.6 Å². The fraction of sp³-hybridized carbons (Fsp3) is 0.571. The summed E-state index contributed by atoms with van der Waals surface area (Å²) in [5.41, 5.74) is 1.17. The van der Waals surface area contributed by atoms with Gasteiger partial charge < -0.3 is 5.32 Å². The highest BCUT2D eigenvalue weighted by atomic mass is 32.2. The minimum absolute atomic E-state index is 0.0715. The molecule has 1 fully saturated rings. The Kier molecular flexibility index (Phi) is 4.10. The predicted octanol–water partition coefficient (Wildman–Crippen LogP) is 3.65. The number of hydrogen-bond acceptors (Lipinski definition) is 2. The Morgan fingerprint density at radius 2 is 2.24 bits per heavy atom. The van der Waals surface area contributed by atoms with Gasteiger partial charge >= 0.3 is 0 Å². The van der Waals surface area contributed by atoms with Crippen LogP contribution in [0.4, 0.5) is 4.39 Å². The molecule has 1 aliphatic rings. The Labute approximate surface area is 107 Å². The molecule has 3 heteroatoms. The van der Waals surface area contributed by atoms with Gasteiger partial charge in [-0.25, -0.2) is 4.39 Å². The molecule has 1 nitrogen and oxygen atoms in total. The molecule has 1 N–H and O–H groups in total. The molecule has 1 aliphatic carbocycles. The molecule has 0 aliphatic heterocycles. The van der Waals surface area contributed by atoms with Crippen LogP contribution in [-0.4, -0.2) is 19.3 Å². The van der Waals surface area contributed by atoms with Crippen LogP contribution < -0.4 is 5.32 Å². The standard InChI is InChI=1S/C14H20FNS/c1-4-10-11(8-13(10)16-2)9-5-6-14(17-3)12(15)7-9/h5-7,10-11,13,16H,4,8H2,1-3H3. The lowest BCUT2D eigenvalue weighted by Crippen LogP contribution is -2.47. The molecule has 94 valence electrons. The first-order valence-electron chi connectivity index (χ1n) is 6.22. The second-order valence-electron chi connectivity index (χ2n) is 4.70. The molecular weight excluding hydrogens is 233 g/mol. The van der Waals surface area contributed by atoms with Crippen molar-refractivity contribution in [2.24, 2.45) is 5.92 Å². The van der Waals surface area contributed by atoms with Crippen LogP contribution in [0.5, 0.6) is 0 Å². The van der Waals surface area contributed by atoms with E-state index in [2.05, 4.69) is 18.3 Å². The van der Waals surface area contributed by atoms with E-state index in [1.807, 2.05) is 19.4 Å². The smallest absolute Gasteiger partial charge is 0.137 e. The molecule has 0 aromatic heterocycles. The monoisotopic (exact) mass is 253 g/mol. The van der Waals surface area contributed by atoms with E-state index in [0.717, 1.165) is 17.7 Å². The van der Waals surface area contributed by atoms with Crippen LogP contribution in [0.1, 0.15) is 31.2 Å².